The van der Waals surface area contributed by atoms with E-state index in [0.717, 1.165) is 0 Å². The predicted octanol–water partition coefficient (Wildman–Crippen LogP) is 1.23. The first kappa shape index (κ1) is 19.7. The van der Waals surface area contributed by atoms with Gasteiger partial charge >= 0.3 is 12.1 Å². The summed E-state index contributed by atoms with van der Waals surface area (Å²) in [5, 5.41) is 11.7. The molecule has 0 rings (SSSR count). The van der Waals surface area contributed by atoms with Crippen LogP contribution < -0.4 is 5.32 Å². The molecule has 0 radical (unpaired) electrons. The van der Waals surface area contributed by atoms with Crippen LogP contribution >= 0.6 is 0 Å². The van der Waals surface area contributed by atoms with E-state index >= 15 is 0 Å². The van der Waals surface area contributed by atoms with Crippen molar-refractivity contribution < 1.29 is 28.9 Å². The fourth-order valence-corrected chi connectivity index (χ4v) is 1.43. The molecule has 0 aromatic rings. The number of carbonyl (C=O) groups excluding carboxylic acids is 2. The standard InChI is InChI=1S/C14H27NO6/c1-10(20-11(2)17)6-7-19-9-12(8-16)15-13(18)21-14(3,4)5/h10,12,16H,6-9H2,1-5H3,(H,15,18)/t10-,12?/m1/s1. The molecule has 0 saturated heterocycles. The van der Waals surface area contributed by atoms with E-state index in [0.29, 0.717) is 13.0 Å². The molecule has 0 saturated carbocycles. The number of rotatable bonds is 8. The molecule has 21 heavy (non-hydrogen) atoms. The second kappa shape index (κ2) is 9.57. The molecule has 7 nitrogen and oxygen atoms in total. The van der Waals surface area contributed by atoms with Crippen molar-refractivity contribution in [3.63, 3.8) is 0 Å². The summed E-state index contributed by atoms with van der Waals surface area (Å²) in [5.41, 5.74) is -0.593. The molecule has 0 aliphatic carbocycles. The number of alkyl carbamates (subject to hydrolysis) is 1. The monoisotopic (exact) mass is 305 g/mol. The average molecular weight is 305 g/mol. The molecule has 2 atom stereocenters. The maximum absolute atomic E-state index is 11.5. The van der Waals surface area contributed by atoms with Gasteiger partial charge in [-0.1, -0.05) is 0 Å². The average Bonchev–Trinajstić information content (AvgIpc) is 2.29. The van der Waals surface area contributed by atoms with Gasteiger partial charge in [-0.05, 0) is 27.7 Å². The quantitative estimate of drug-likeness (QED) is 0.517. The number of nitrogens with one attached hydrogen (secondary N) is 1. The van der Waals surface area contributed by atoms with Crippen LogP contribution in [0.2, 0.25) is 0 Å². The van der Waals surface area contributed by atoms with Gasteiger partial charge in [0.15, 0.2) is 0 Å². The molecule has 0 aliphatic heterocycles. The Kier molecular flexibility index (Phi) is 8.96. The zero-order valence-corrected chi connectivity index (χ0v) is 13.5. The first-order valence-electron chi connectivity index (χ1n) is 6.99. The molecule has 0 bridgehead atoms. The van der Waals surface area contributed by atoms with Gasteiger partial charge in [0, 0.05) is 13.3 Å². The molecule has 0 aromatic carbocycles. The van der Waals surface area contributed by atoms with Crippen molar-refractivity contribution in [2.45, 2.75) is 58.8 Å². The van der Waals surface area contributed by atoms with Crippen molar-refractivity contribution in [1.82, 2.24) is 5.32 Å². The van der Waals surface area contributed by atoms with Gasteiger partial charge in [0.2, 0.25) is 0 Å². The second-order valence-electron chi connectivity index (χ2n) is 5.81. The third-order valence-electron chi connectivity index (χ3n) is 2.30. The highest BCUT2D eigenvalue weighted by atomic mass is 16.6. The molecule has 124 valence electrons. The van der Waals surface area contributed by atoms with Gasteiger partial charge in [0.25, 0.3) is 0 Å². The van der Waals surface area contributed by atoms with Crippen molar-refractivity contribution in [2.75, 3.05) is 19.8 Å². The molecule has 0 aromatic heterocycles. The number of aliphatic hydroxyl groups is 1. The minimum Gasteiger partial charge on any atom is -0.463 e. The molecule has 7 heteroatoms. The molecule has 0 spiro atoms. The van der Waals surface area contributed by atoms with Gasteiger partial charge < -0.3 is 24.6 Å². The van der Waals surface area contributed by atoms with E-state index in [9.17, 15) is 14.7 Å². The Morgan fingerprint density at radius 2 is 1.90 bits per heavy atom. The van der Waals surface area contributed by atoms with Gasteiger partial charge in [-0.3, -0.25) is 4.79 Å². The van der Waals surface area contributed by atoms with Crippen LogP contribution in [0.1, 0.15) is 41.0 Å². The van der Waals surface area contributed by atoms with Crippen molar-refractivity contribution >= 4 is 12.1 Å². The Morgan fingerprint density at radius 3 is 2.38 bits per heavy atom. The zero-order chi connectivity index (χ0) is 16.5. The fraction of sp³-hybridized carbons (Fsp3) is 0.857. The van der Waals surface area contributed by atoms with E-state index in [1.807, 2.05) is 0 Å². The van der Waals surface area contributed by atoms with Gasteiger partial charge in [-0.25, -0.2) is 4.79 Å². The number of hydrogen-bond acceptors (Lipinski definition) is 6. The molecular weight excluding hydrogens is 278 g/mol. The first-order valence-corrected chi connectivity index (χ1v) is 6.99. The first-order chi connectivity index (χ1) is 9.64. The third kappa shape index (κ3) is 12.1. The Morgan fingerprint density at radius 1 is 1.29 bits per heavy atom. The van der Waals surface area contributed by atoms with Crippen LogP contribution in [-0.4, -0.2) is 54.7 Å². The molecule has 0 aliphatic rings. The third-order valence-corrected chi connectivity index (χ3v) is 2.30. The van der Waals surface area contributed by atoms with Crippen LogP contribution in [-0.2, 0) is 19.0 Å². The number of ether oxygens (including phenoxy) is 3. The van der Waals surface area contributed by atoms with Gasteiger partial charge in [0.05, 0.1) is 25.9 Å². The minimum atomic E-state index is -0.599. The van der Waals surface area contributed by atoms with Gasteiger partial charge in [-0.2, -0.15) is 0 Å². The lowest BCUT2D eigenvalue weighted by Crippen LogP contribution is -2.43. The summed E-state index contributed by atoms with van der Waals surface area (Å²) in [4.78, 5) is 22.3. The maximum Gasteiger partial charge on any atom is 0.408 e. The van der Waals surface area contributed by atoms with E-state index in [2.05, 4.69) is 5.32 Å². The normalized spacial score (nSPS) is 14.2. The summed E-state index contributed by atoms with van der Waals surface area (Å²) >= 11 is 0. The second-order valence-corrected chi connectivity index (χ2v) is 5.81. The van der Waals surface area contributed by atoms with E-state index in [4.69, 9.17) is 14.2 Å². The molecule has 0 fully saturated rings. The summed E-state index contributed by atoms with van der Waals surface area (Å²) in [6.07, 6.45) is -0.281. The highest BCUT2D eigenvalue weighted by Gasteiger charge is 2.19. The van der Waals surface area contributed by atoms with E-state index in [-0.39, 0.29) is 25.3 Å². The van der Waals surface area contributed by atoms with Gasteiger partial charge in [-0.15, -0.1) is 0 Å². The van der Waals surface area contributed by atoms with E-state index < -0.39 is 17.7 Å². The molecular formula is C14H27NO6. The summed E-state index contributed by atoms with van der Waals surface area (Å²) in [7, 11) is 0. The Bertz CT molecular complexity index is 326. The predicted molar refractivity (Wildman–Crippen MR) is 76.9 cm³/mol. The number of carbonyl (C=O) groups is 2. The lowest BCUT2D eigenvalue weighted by atomic mass is 10.2. The molecule has 1 amide bonds. The van der Waals surface area contributed by atoms with Crippen LogP contribution in [0.15, 0.2) is 0 Å². The molecule has 1 unspecified atom stereocenters. The maximum atomic E-state index is 11.5. The number of hydrogen-bond donors (Lipinski definition) is 2. The number of aliphatic hydroxyl groups excluding tert-OH is 1. The van der Waals surface area contributed by atoms with Crippen molar-refractivity contribution in [1.29, 1.82) is 0 Å². The Labute approximate surface area is 125 Å². The van der Waals surface area contributed by atoms with E-state index in [1.165, 1.54) is 6.92 Å². The molecule has 0 heterocycles. The van der Waals surface area contributed by atoms with Crippen LogP contribution in [0.25, 0.3) is 0 Å². The van der Waals surface area contributed by atoms with Crippen molar-refractivity contribution in [3.8, 4) is 0 Å². The smallest absolute Gasteiger partial charge is 0.408 e. The van der Waals surface area contributed by atoms with Crippen LogP contribution in [0.5, 0.6) is 0 Å². The molecule has 2 N–H and O–H groups in total. The lowest BCUT2D eigenvalue weighted by molar-refractivity contribution is -0.146. The number of amides is 1. The summed E-state index contributed by atoms with van der Waals surface area (Å²) in [5.74, 6) is -0.331. The number of esters is 1. The van der Waals surface area contributed by atoms with Crippen LogP contribution in [0.4, 0.5) is 4.79 Å². The zero-order valence-electron chi connectivity index (χ0n) is 13.5. The summed E-state index contributed by atoms with van der Waals surface area (Å²) in [6, 6.07) is -0.538. The van der Waals surface area contributed by atoms with Crippen molar-refractivity contribution in [3.05, 3.63) is 0 Å². The topological polar surface area (TPSA) is 94.1 Å². The van der Waals surface area contributed by atoms with E-state index in [1.54, 1.807) is 27.7 Å². The van der Waals surface area contributed by atoms with Crippen LogP contribution in [0.3, 0.4) is 0 Å². The summed E-state index contributed by atoms with van der Waals surface area (Å²) < 4.78 is 15.4. The SMILES string of the molecule is CC(=O)O[C@H](C)CCOCC(CO)NC(=O)OC(C)(C)C. The fourth-order valence-electron chi connectivity index (χ4n) is 1.43. The van der Waals surface area contributed by atoms with Crippen molar-refractivity contribution in [2.24, 2.45) is 0 Å². The lowest BCUT2D eigenvalue weighted by Gasteiger charge is -2.22. The largest absolute Gasteiger partial charge is 0.463 e. The Balaban J connectivity index is 3.90. The highest BCUT2D eigenvalue weighted by molar-refractivity contribution is 5.68. The Hall–Kier alpha value is -1.34. The van der Waals surface area contributed by atoms with Crippen LogP contribution in [0, 0.1) is 0 Å². The minimum absolute atomic E-state index is 0.155. The summed E-state index contributed by atoms with van der Waals surface area (Å²) in [6.45, 7) is 8.66. The van der Waals surface area contributed by atoms with Gasteiger partial charge in [0.1, 0.15) is 11.7 Å². The highest BCUT2D eigenvalue weighted by Crippen LogP contribution is 2.06.